The first kappa shape index (κ1) is 6.12. The van der Waals surface area contributed by atoms with E-state index in [1.807, 2.05) is 0 Å². The number of rotatable bonds is 0. The van der Waals surface area contributed by atoms with Crippen LogP contribution in [0.4, 0.5) is 0 Å². The summed E-state index contributed by atoms with van der Waals surface area (Å²) in [4.78, 5) is 3.21. The Balaban J connectivity index is 3.14. The second-order valence-corrected chi connectivity index (χ2v) is 2.83. The summed E-state index contributed by atoms with van der Waals surface area (Å²) < 4.78 is 1.35. The summed E-state index contributed by atoms with van der Waals surface area (Å²) in [7, 11) is 0. The van der Waals surface area contributed by atoms with E-state index in [0.717, 1.165) is 0 Å². The molecule has 0 saturated carbocycles. The Morgan fingerprint density at radius 2 is 2.12 bits per heavy atom. The van der Waals surface area contributed by atoms with Crippen LogP contribution in [0.2, 0.25) is 0 Å². The topological polar surface area (TPSA) is 15.8 Å². The van der Waals surface area contributed by atoms with Crippen LogP contribution >= 0.6 is 0 Å². The van der Waals surface area contributed by atoms with Crippen LogP contribution in [0.25, 0.3) is 0 Å². The van der Waals surface area contributed by atoms with E-state index in [0.29, 0.717) is 0 Å². The molecule has 0 aromatic carbocycles. The molecule has 0 aliphatic rings. The summed E-state index contributed by atoms with van der Waals surface area (Å²) >= 11 is 2.11. The fourth-order valence-electron chi connectivity index (χ4n) is 0.724. The first-order chi connectivity index (χ1) is 3.70. The van der Waals surface area contributed by atoms with E-state index in [2.05, 4.69) is 45.3 Å². The fraction of sp³-hybridized carbons (Fsp3) is 0.333. The number of aromatic nitrogens is 1. The third-order valence-corrected chi connectivity index (χ3v) is 1.96. The molecule has 1 heterocycles. The van der Waals surface area contributed by atoms with Crippen molar-refractivity contribution in [2.24, 2.45) is 0 Å². The molecule has 8 heavy (non-hydrogen) atoms. The first-order valence-electron chi connectivity index (χ1n) is 2.58. The summed E-state index contributed by atoms with van der Waals surface area (Å²) in [5.74, 6) is 0. The Morgan fingerprint density at radius 3 is 2.25 bits per heavy atom. The van der Waals surface area contributed by atoms with Gasteiger partial charge in [-0.25, -0.2) is 0 Å². The van der Waals surface area contributed by atoms with Crippen LogP contribution in [0, 0.1) is 13.8 Å². The van der Waals surface area contributed by atoms with Crippen LogP contribution in [-0.4, -0.2) is 4.98 Å². The van der Waals surface area contributed by atoms with Crippen molar-refractivity contribution in [2.75, 3.05) is 0 Å². The van der Waals surface area contributed by atoms with Gasteiger partial charge in [0.15, 0.2) is 0 Å². The predicted molar refractivity (Wildman–Crippen MR) is 29.9 cm³/mol. The number of hydrogen-bond acceptors (Lipinski definition) is 0. The Morgan fingerprint density at radius 1 is 1.50 bits per heavy atom. The maximum atomic E-state index is 3.21. The van der Waals surface area contributed by atoms with Gasteiger partial charge in [0.05, 0.1) is 0 Å². The van der Waals surface area contributed by atoms with Crippen molar-refractivity contribution in [1.29, 1.82) is 0 Å². The van der Waals surface area contributed by atoms with Gasteiger partial charge in [-0.2, -0.15) is 0 Å². The number of nitrogens with one attached hydrogen (secondary N) is 1. The average molecular weight is 142 g/mol. The van der Waals surface area contributed by atoms with Gasteiger partial charge in [0.25, 0.3) is 0 Å². The SMILES string of the molecule is Cc1c[c]([Ti])c(C)[nH]1. The molecule has 1 N–H and O–H groups in total. The number of H-pyrrole nitrogens is 1. The third kappa shape index (κ3) is 1.04. The van der Waals surface area contributed by atoms with E-state index in [1.54, 1.807) is 0 Å². The van der Waals surface area contributed by atoms with E-state index in [9.17, 15) is 0 Å². The molecule has 1 aromatic heterocycles. The molecule has 0 radical (unpaired) electrons. The molecule has 0 amide bonds. The molecule has 1 rings (SSSR count). The molecular formula is C6H8NTi. The minimum atomic E-state index is 1.25. The molecule has 0 saturated heterocycles. The summed E-state index contributed by atoms with van der Waals surface area (Å²) in [5, 5.41) is 0. The molecular weight excluding hydrogens is 134 g/mol. The van der Waals surface area contributed by atoms with Crippen LogP contribution in [0.15, 0.2) is 6.07 Å². The van der Waals surface area contributed by atoms with E-state index in [1.165, 1.54) is 15.3 Å². The van der Waals surface area contributed by atoms with Crippen molar-refractivity contribution < 1.29 is 20.4 Å². The standard InChI is InChI=1S/C6H8N.Ti/c1-5-3-4-6(2)7-5;/h3,7H,1-2H3;. The van der Waals surface area contributed by atoms with Crippen molar-refractivity contribution in [2.45, 2.75) is 13.8 Å². The normalized spacial score (nSPS) is 9.62. The van der Waals surface area contributed by atoms with Gasteiger partial charge in [-0.05, 0) is 0 Å². The Kier molecular flexibility index (Phi) is 1.59. The van der Waals surface area contributed by atoms with Crippen LogP contribution in [0.3, 0.4) is 0 Å². The van der Waals surface area contributed by atoms with Crippen molar-refractivity contribution in [1.82, 2.24) is 4.98 Å². The Hall–Kier alpha value is -0.00571. The minimum absolute atomic E-state index is 1.25. The summed E-state index contributed by atoms with van der Waals surface area (Å²) in [5.41, 5.74) is 2.53. The van der Waals surface area contributed by atoms with Crippen LogP contribution in [0.5, 0.6) is 0 Å². The van der Waals surface area contributed by atoms with Gasteiger partial charge in [-0.1, -0.05) is 0 Å². The van der Waals surface area contributed by atoms with Gasteiger partial charge in [0, 0.05) is 0 Å². The zero-order valence-electron chi connectivity index (χ0n) is 5.08. The first-order valence-corrected chi connectivity index (χ1v) is 3.36. The molecule has 41 valence electrons. The van der Waals surface area contributed by atoms with Gasteiger partial charge in [-0.15, -0.1) is 0 Å². The molecule has 0 aliphatic carbocycles. The molecule has 0 unspecified atom stereocenters. The number of aromatic amines is 1. The molecule has 1 nitrogen and oxygen atoms in total. The van der Waals surface area contributed by atoms with E-state index >= 15 is 0 Å². The van der Waals surface area contributed by atoms with Crippen LogP contribution in [-0.2, 0) is 20.4 Å². The van der Waals surface area contributed by atoms with Crippen molar-refractivity contribution in [3.63, 3.8) is 0 Å². The fourth-order valence-corrected chi connectivity index (χ4v) is 1.16. The predicted octanol–water partition coefficient (Wildman–Crippen LogP) is 0.804. The van der Waals surface area contributed by atoms with Crippen LogP contribution in [0.1, 0.15) is 11.4 Å². The van der Waals surface area contributed by atoms with Gasteiger partial charge < -0.3 is 0 Å². The molecule has 0 bridgehead atoms. The second kappa shape index (κ2) is 2.08. The summed E-state index contributed by atoms with van der Waals surface area (Å²) in [6.45, 7) is 4.16. The third-order valence-electron chi connectivity index (χ3n) is 1.15. The van der Waals surface area contributed by atoms with E-state index in [-0.39, 0.29) is 0 Å². The molecule has 2 heteroatoms. The maximum absolute atomic E-state index is 3.21. The summed E-state index contributed by atoms with van der Waals surface area (Å²) in [6, 6.07) is 2.15. The second-order valence-electron chi connectivity index (χ2n) is 1.99. The molecule has 1 aromatic rings. The Bertz CT molecular complexity index is 171. The van der Waals surface area contributed by atoms with Crippen molar-refractivity contribution in [3.8, 4) is 0 Å². The number of hydrogen-bond donors (Lipinski definition) is 1. The van der Waals surface area contributed by atoms with Gasteiger partial charge in [-0.3, -0.25) is 0 Å². The Labute approximate surface area is 60.9 Å². The van der Waals surface area contributed by atoms with E-state index in [4.69, 9.17) is 0 Å². The van der Waals surface area contributed by atoms with Crippen molar-refractivity contribution >= 4 is 3.87 Å². The number of aryl methyl sites for hydroxylation is 2. The molecule has 0 atom stereocenters. The van der Waals surface area contributed by atoms with Gasteiger partial charge in [0.2, 0.25) is 0 Å². The van der Waals surface area contributed by atoms with Gasteiger partial charge >= 0.3 is 60.6 Å². The van der Waals surface area contributed by atoms with Gasteiger partial charge in [0.1, 0.15) is 0 Å². The average Bonchev–Trinajstić information content (AvgIpc) is 1.85. The summed E-state index contributed by atoms with van der Waals surface area (Å²) in [6.07, 6.45) is 0. The van der Waals surface area contributed by atoms with Crippen molar-refractivity contribution in [3.05, 3.63) is 17.5 Å². The monoisotopic (exact) mass is 142 g/mol. The quantitative estimate of drug-likeness (QED) is 0.515. The van der Waals surface area contributed by atoms with Crippen LogP contribution < -0.4 is 3.87 Å². The zero-order chi connectivity index (χ0) is 6.15. The molecule has 0 fully saturated rings. The molecule has 0 spiro atoms. The molecule has 0 aliphatic heterocycles. The van der Waals surface area contributed by atoms with E-state index < -0.39 is 0 Å². The zero-order valence-corrected chi connectivity index (χ0v) is 6.64.